The van der Waals surface area contributed by atoms with E-state index in [4.69, 9.17) is 4.74 Å². The maximum atomic E-state index is 13.0. The SMILES string of the molecule is COc1ccccc1N1CCN(/C=C(/C#N)C(=O)N2CCN(Cc3ccccc3)CC2)CC1. The van der Waals surface area contributed by atoms with Crippen LogP contribution in [0.15, 0.2) is 66.4 Å². The van der Waals surface area contributed by atoms with E-state index < -0.39 is 0 Å². The van der Waals surface area contributed by atoms with Crippen LogP contribution in [-0.4, -0.2) is 80.1 Å². The van der Waals surface area contributed by atoms with Crippen molar-refractivity contribution >= 4 is 11.6 Å². The van der Waals surface area contributed by atoms with E-state index in [9.17, 15) is 10.1 Å². The number of carbonyl (C=O) groups is 1. The van der Waals surface area contributed by atoms with E-state index in [1.807, 2.05) is 29.2 Å². The van der Waals surface area contributed by atoms with Gasteiger partial charge >= 0.3 is 0 Å². The number of para-hydroxylation sites is 2. The molecule has 0 N–H and O–H groups in total. The van der Waals surface area contributed by atoms with Gasteiger partial charge in [-0.15, -0.1) is 0 Å². The molecule has 0 aliphatic carbocycles. The van der Waals surface area contributed by atoms with Crippen LogP contribution in [0.3, 0.4) is 0 Å². The number of methoxy groups -OCH3 is 1. The van der Waals surface area contributed by atoms with Crippen LogP contribution in [0, 0.1) is 11.3 Å². The van der Waals surface area contributed by atoms with Crippen molar-refractivity contribution < 1.29 is 9.53 Å². The average molecular weight is 446 g/mol. The Morgan fingerprint density at radius 2 is 1.61 bits per heavy atom. The first-order valence-electron chi connectivity index (χ1n) is 11.5. The predicted molar refractivity (Wildman–Crippen MR) is 129 cm³/mol. The van der Waals surface area contributed by atoms with Crippen molar-refractivity contribution in [3.05, 3.63) is 71.9 Å². The molecule has 4 rings (SSSR count). The highest BCUT2D eigenvalue weighted by Crippen LogP contribution is 2.28. The molecule has 2 saturated heterocycles. The second-order valence-corrected chi connectivity index (χ2v) is 8.40. The van der Waals surface area contributed by atoms with Crippen molar-refractivity contribution in [1.29, 1.82) is 5.26 Å². The van der Waals surface area contributed by atoms with Crippen molar-refractivity contribution in [2.75, 3.05) is 64.4 Å². The zero-order valence-electron chi connectivity index (χ0n) is 19.2. The molecule has 2 aliphatic heterocycles. The highest BCUT2D eigenvalue weighted by atomic mass is 16.5. The molecule has 0 radical (unpaired) electrons. The molecular weight excluding hydrogens is 414 g/mol. The van der Waals surface area contributed by atoms with E-state index in [-0.39, 0.29) is 11.5 Å². The molecule has 0 bridgehead atoms. The third kappa shape index (κ3) is 5.65. The van der Waals surface area contributed by atoms with Gasteiger partial charge < -0.3 is 19.4 Å². The van der Waals surface area contributed by atoms with E-state index in [1.165, 1.54) is 5.56 Å². The van der Waals surface area contributed by atoms with Crippen molar-refractivity contribution in [3.8, 4) is 11.8 Å². The van der Waals surface area contributed by atoms with Gasteiger partial charge in [0.05, 0.1) is 12.8 Å². The number of amides is 1. The summed E-state index contributed by atoms with van der Waals surface area (Å²) >= 11 is 0. The quantitative estimate of drug-likeness (QED) is 0.503. The largest absolute Gasteiger partial charge is 0.495 e. The third-order valence-corrected chi connectivity index (χ3v) is 6.31. The zero-order chi connectivity index (χ0) is 23.0. The number of ether oxygens (including phenoxy) is 1. The molecule has 0 unspecified atom stereocenters. The summed E-state index contributed by atoms with van der Waals surface area (Å²) in [5.74, 6) is 0.699. The molecule has 0 saturated carbocycles. The smallest absolute Gasteiger partial charge is 0.266 e. The van der Waals surface area contributed by atoms with Gasteiger partial charge in [-0.1, -0.05) is 42.5 Å². The lowest BCUT2D eigenvalue weighted by Gasteiger charge is -2.37. The summed E-state index contributed by atoms with van der Waals surface area (Å²) in [4.78, 5) is 21.5. The fourth-order valence-corrected chi connectivity index (χ4v) is 4.42. The normalized spacial score (nSPS) is 17.6. The number of piperazine rings is 2. The number of carbonyl (C=O) groups excluding carboxylic acids is 1. The second-order valence-electron chi connectivity index (χ2n) is 8.40. The first-order valence-corrected chi connectivity index (χ1v) is 11.5. The molecule has 7 heteroatoms. The van der Waals surface area contributed by atoms with Crippen LogP contribution in [0.5, 0.6) is 5.75 Å². The van der Waals surface area contributed by atoms with Gasteiger partial charge in [-0.3, -0.25) is 9.69 Å². The number of hydrogen-bond acceptors (Lipinski definition) is 6. The van der Waals surface area contributed by atoms with Crippen LogP contribution in [0.4, 0.5) is 5.69 Å². The number of nitriles is 1. The summed E-state index contributed by atoms with van der Waals surface area (Å²) in [5, 5.41) is 9.67. The summed E-state index contributed by atoms with van der Waals surface area (Å²) < 4.78 is 5.48. The Labute approximate surface area is 196 Å². The minimum atomic E-state index is -0.163. The van der Waals surface area contributed by atoms with Crippen LogP contribution in [0.25, 0.3) is 0 Å². The lowest BCUT2D eigenvalue weighted by Crippen LogP contribution is -2.49. The Kier molecular flexibility index (Phi) is 7.48. The minimum absolute atomic E-state index is 0.163. The molecule has 33 heavy (non-hydrogen) atoms. The number of anilines is 1. The van der Waals surface area contributed by atoms with Crippen LogP contribution in [-0.2, 0) is 11.3 Å². The van der Waals surface area contributed by atoms with Crippen molar-refractivity contribution in [3.63, 3.8) is 0 Å². The van der Waals surface area contributed by atoms with E-state index in [1.54, 1.807) is 13.3 Å². The van der Waals surface area contributed by atoms with Crippen molar-refractivity contribution in [2.24, 2.45) is 0 Å². The average Bonchev–Trinajstić information content (AvgIpc) is 2.88. The summed E-state index contributed by atoms with van der Waals surface area (Å²) in [6, 6.07) is 20.5. The molecule has 1 amide bonds. The van der Waals surface area contributed by atoms with E-state index >= 15 is 0 Å². The fourth-order valence-electron chi connectivity index (χ4n) is 4.42. The molecule has 0 spiro atoms. The van der Waals surface area contributed by atoms with Crippen LogP contribution in [0.1, 0.15) is 5.56 Å². The minimum Gasteiger partial charge on any atom is -0.495 e. The van der Waals surface area contributed by atoms with Crippen LogP contribution < -0.4 is 9.64 Å². The van der Waals surface area contributed by atoms with E-state index in [0.29, 0.717) is 13.1 Å². The lowest BCUT2D eigenvalue weighted by molar-refractivity contribution is -0.128. The Hall–Kier alpha value is -3.50. The summed E-state index contributed by atoms with van der Waals surface area (Å²) in [5.41, 5.74) is 2.58. The first kappa shape index (κ1) is 22.7. The van der Waals surface area contributed by atoms with Gasteiger partial charge in [0.25, 0.3) is 5.91 Å². The van der Waals surface area contributed by atoms with Gasteiger partial charge in [0.15, 0.2) is 0 Å². The summed E-state index contributed by atoms with van der Waals surface area (Å²) in [6.07, 6.45) is 1.75. The third-order valence-electron chi connectivity index (χ3n) is 6.31. The molecule has 0 aromatic heterocycles. The first-order chi connectivity index (χ1) is 16.2. The molecule has 0 atom stereocenters. The fraction of sp³-hybridized carbons (Fsp3) is 0.385. The number of rotatable bonds is 6. The number of hydrogen-bond donors (Lipinski definition) is 0. The van der Waals surface area contributed by atoms with Gasteiger partial charge in [0.1, 0.15) is 17.4 Å². The molecule has 2 heterocycles. The molecule has 172 valence electrons. The van der Waals surface area contributed by atoms with Gasteiger partial charge in [-0.05, 0) is 17.7 Å². The molecule has 2 aromatic rings. The van der Waals surface area contributed by atoms with E-state index in [0.717, 1.165) is 57.3 Å². The number of nitrogens with zero attached hydrogens (tertiary/aromatic N) is 5. The highest BCUT2D eigenvalue weighted by molar-refractivity contribution is 5.97. The van der Waals surface area contributed by atoms with Crippen molar-refractivity contribution in [2.45, 2.75) is 6.54 Å². The maximum Gasteiger partial charge on any atom is 0.266 e. The lowest BCUT2D eigenvalue weighted by atomic mass is 10.2. The Morgan fingerprint density at radius 3 is 2.27 bits per heavy atom. The standard InChI is InChI=1S/C26H31N5O2/c1-33-25-10-6-5-9-24(25)30-15-11-29(12-16-30)21-23(19-27)26(32)31-17-13-28(14-18-31)20-22-7-3-2-4-8-22/h2-10,21H,11-18,20H2,1H3/b23-21-. The topological polar surface area (TPSA) is 63.1 Å². The Bertz CT molecular complexity index is 1000. The summed E-state index contributed by atoms with van der Waals surface area (Å²) in [7, 11) is 1.68. The molecule has 7 nitrogen and oxygen atoms in total. The molecule has 2 aliphatic rings. The second kappa shape index (κ2) is 10.9. The Morgan fingerprint density at radius 1 is 0.939 bits per heavy atom. The molecule has 2 fully saturated rings. The van der Waals surface area contributed by atoms with Gasteiger partial charge in [0.2, 0.25) is 0 Å². The maximum absolute atomic E-state index is 13.0. The van der Waals surface area contributed by atoms with Crippen molar-refractivity contribution in [1.82, 2.24) is 14.7 Å². The Balaban J connectivity index is 1.30. The monoisotopic (exact) mass is 445 g/mol. The van der Waals surface area contributed by atoms with Gasteiger partial charge in [-0.2, -0.15) is 5.26 Å². The number of benzene rings is 2. The van der Waals surface area contributed by atoms with Crippen LogP contribution >= 0.6 is 0 Å². The van der Waals surface area contributed by atoms with Crippen LogP contribution in [0.2, 0.25) is 0 Å². The summed E-state index contributed by atoms with van der Waals surface area (Å²) in [6.45, 7) is 6.93. The van der Waals surface area contributed by atoms with Gasteiger partial charge in [0, 0.05) is 65.1 Å². The van der Waals surface area contributed by atoms with E-state index in [2.05, 4.69) is 51.1 Å². The highest BCUT2D eigenvalue weighted by Gasteiger charge is 2.25. The zero-order valence-corrected chi connectivity index (χ0v) is 19.2. The molecule has 2 aromatic carbocycles. The van der Waals surface area contributed by atoms with Gasteiger partial charge in [-0.25, -0.2) is 0 Å². The predicted octanol–water partition coefficient (Wildman–Crippen LogP) is 2.57. The molecular formula is C26H31N5O2.